The molecule has 2 atom stereocenters. The molecule has 1 saturated carbocycles. The van der Waals surface area contributed by atoms with Gasteiger partial charge in [-0.25, -0.2) is 4.79 Å². The minimum absolute atomic E-state index is 0.0858. The van der Waals surface area contributed by atoms with Gasteiger partial charge in [-0.3, -0.25) is 4.79 Å². The molecule has 21 heavy (non-hydrogen) atoms. The highest BCUT2D eigenvalue weighted by Gasteiger charge is 2.36. The van der Waals surface area contributed by atoms with E-state index in [2.05, 4.69) is 11.4 Å². The molecule has 2 N–H and O–H groups in total. The number of aliphatic carboxylic acids is 1. The van der Waals surface area contributed by atoms with Crippen LogP contribution in [0.4, 0.5) is 4.79 Å². The standard InChI is InChI=1S/C15H20N2O3S/c18-14(19)11-3-1-7-17(9-11)15(20)16-13(10-5-6-10)12-4-2-8-21-12/h2,4,8,10-11,13H,1,3,5-7,9H2,(H,16,20)(H,18,19). The van der Waals surface area contributed by atoms with Crippen LogP contribution in [0.25, 0.3) is 0 Å². The van der Waals surface area contributed by atoms with Crippen LogP contribution >= 0.6 is 11.3 Å². The van der Waals surface area contributed by atoms with Gasteiger partial charge in [0.15, 0.2) is 0 Å². The summed E-state index contributed by atoms with van der Waals surface area (Å²) in [6, 6.07) is 4.03. The van der Waals surface area contributed by atoms with Gasteiger partial charge < -0.3 is 15.3 Å². The number of carbonyl (C=O) groups is 2. The van der Waals surface area contributed by atoms with E-state index in [4.69, 9.17) is 5.11 Å². The quantitative estimate of drug-likeness (QED) is 0.898. The predicted molar refractivity (Wildman–Crippen MR) is 80.2 cm³/mol. The van der Waals surface area contributed by atoms with E-state index >= 15 is 0 Å². The molecule has 0 bridgehead atoms. The van der Waals surface area contributed by atoms with Crippen LogP contribution in [0, 0.1) is 11.8 Å². The van der Waals surface area contributed by atoms with Crippen molar-refractivity contribution < 1.29 is 14.7 Å². The lowest BCUT2D eigenvalue weighted by atomic mass is 9.98. The van der Waals surface area contributed by atoms with Crippen molar-refractivity contribution in [2.24, 2.45) is 11.8 Å². The minimum atomic E-state index is -0.801. The number of urea groups is 1. The monoisotopic (exact) mass is 308 g/mol. The Morgan fingerprint density at radius 1 is 1.38 bits per heavy atom. The van der Waals surface area contributed by atoms with Crippen LogP contribution in [0.15, 0.2) is 17.5 Å². The van der Waals surface area contributed by atoms with Gasteiger partial charge in [0.05, 0.1) is 12.0 Å². The number of carboxylic acids is 1. The first-order valence-corrected chi connectivity index (χ1v) is 8.35. The summed E-state index contributed by atoms with van der Waals surface area (Å²) in [5, 5.41) is 14.3. The molecule has 2 fully saturated rings. The third-order valence-corrected chi connectivity index (χ3v) is 5.24. The van der Waals surface area contributed by atoms with Crippen molar-refractivity contribution in [3.05, 3.63) is 22.4 Å². The van der Waals surface area contributed by atoms with Gasteiger partial charge in [-0.05, 0) is 43.0 Å². The van der Waals surface area contributed by atoms with Crippen LogP contribution in [0.1, 0.15) is 36.6 Å². The van der Waals surface area contributed by atoms with E-state index in [1.54, 1.807) is 16.2 Å². The lowest BCUT2D eigenvalue weighted by Crippen LogP contribution is -2.48. The molecule has 2 amide bonds. The Morgan fingerprint density at radius 3 is 2.81 bits per heavy atom. The smallest absolute Gasteiger partial charge is 0.317 e. The van der Waals surface area contributed by atoms with Crippen molar-refractivity contribution in [3.8, 4) is 0 Å². The predicted octanol–water partition coefficient (Wildman–Crippen LogP) is 2.71. The van der Waals surface area contributed by atoms with E-state index in [1.165, 1.54) is 4.88 Å². The second kappa shape index (κ2) is 6.05. The van der Waals surface area contributed by atoms with Gasteiger partial charge in [-0.1, -0.05) is 6.07 Å². The fraction of sp³-hybridized carbons (Fsp3) is 0.600. The third kappa shape index (κ3) is 3.37. The molecular formula is C15H20N2O3S. The largest absolute Gasteiger partial charge is 0.481 e. The summed E-state index contributed by atoms with van der Waals surface area (Å²) in [5.74, 6) is -0.692. The lowest BCUT2D eigenvalue weighted by Gasteiger charge is -2.32. The Labute approximate surface area is 128 Å². The first kappa shape index (κ1) is 14.4. The Bertz CT molecular complexity index is 513. The SMILES string of the molecule is O=C(O)C1CCCN(C(=O)NC(c2cccs2)C2CC2)C1. The Hall–Kier alpha value is -1.56. The maximum absolute atomic E-state index is 12.4. The number of amides is 2. The Morgan fingerprint density at radius 2 is 2.19 bits per heavy atom. The zero-order valence-electron chi connectivity index (χ0n) is 11.8. The minimum Gasteiger partial charge on any atom is -0.481 e. The number of hydrogen-bond acceptors (Lipinski definition) is 3. The van der Waals surface area contributed by atoms with Gasteiger partial charge in [-0.2, -0.15) is 0 Å². The van der Waals surface area contributed by atoms with E-state index in [-0.39, 0.29) is 12.1 Å². The van der Waals surface area contributed by atoms with Crippen LogP contribution in [0.5, 0.6) is 0 Å². The lowest BCUT2D eigenvalue weighted by molar-refractivity contribution is -0.143. The van der Waals surface area contributed by atoms with Crippen molar-refractivity contribution >= 4 is 23.3 Å². The number of rotatable bonds is 4. The number of thiophene rings is 1. The van der Waals surface area contributed by atoms with Gasteiger partial charge in [0.25, 0.3) is 0 Å². The molecule has 2 aliphatic rings. The number of piperidine rings is 1. The molecule has 0 spiro atoms. The molecule has 1 aromatic rings. The molecular weight excluding hydrogens is 288 g/mol. The second-order valence-corrected chi connectivity index (χ2v) is 6.88. The maximum Gasteiger partial charge on any atom is 0.317 e. The first-order valence-electron chi connectivity index (χ1n) is 7.47. The summed E-state index contributed by atoms with van der Waals surface area (Å²) in [4.78, 5) is 26.4. The fourth-order valence-electron chi connectivity index (χ4n) is 2.91. The number of nitrogens with zero attached hydrogens (tertiary/aromatic N) is 1. The average Bonchev–Trinajstić information content (AvgIpc) is 3.18. The van der Waals surface area contributed by atoms with E-state index in [0.29, 0.717) is 25.4 Å². The second-order valence-electron chi connectivity index (χ2n) is 5.90. The van der Waals surface area contributed by atoms with Crippen molar-refractivity contribution in [2.75, 3.05) is 13.1 Å². The highest BCUT2D eigenvalue weighted by atomic mass is 32.1. The molecule has 5 nitrogen and oxygen atoms in total. The molecule has 1 saturated heterocycles. The van der Waals surface area contributed by atoms with E-state index in [9.17, 15) is 9.59 Å². The summed E-state index contributed by atoms with van der Waals surface area (Å²) in [5.41, 5.74) is 0. The summed E-state index contributed by atoms with van der Waals surface area (Å²) in [6.07, 6.45) is 3.73. The maximum atomic E-state index is 12.4. The van der Waals surface area contributed by atoms with Gasteiger partial charge in [0, 0.05) is 18.0 Å². The van der Waals surface area contributed by atoms with Crippen LogP contribution < -0.4 is 5.32 Å². The van der Waals surface area contributed by atoms with Gasteiger partial charge >= 0.3 is 12.0 Å². The molecule has 3 rings (SSSR count). The number of carbonyl (C=O) groups excluding carboxylic acids is 1. The summed E-state index contributed by atoms with van der Waals surface area (Å²) in [6.45, 7) is 0.973. The summed E-state index contributed by atoms with van der Waals surface area (Å²) >= 11 is 1.67. The van der Waals surface area contributed by atoms with Crippen LogP contribution in [-0.4, -0.2) is 35.1 Å². The highest BCUT2D eigenvalue weighted by molar-refractivity contribution is 7.10. The molecule has 114 valence electrons. The molecule has 6 heteroatoms. The van der Waals surface area contributed by atoms with Gasteiger partial charge in [-0.15, -0.1) is 11.3 Å². The Balaban J connectivity index is 1.63. The third-order valence-electron chi connectivity index (χ3n) is 4.28. The first-order chi connectivity index (χ1) is 10.1. The molecule has 1 aliphatic carbocycles. The van der Waals surface area contributed by atoms with Crippen LogP contribution in [-0.2, 0) is 4.79 Å². The fourth-order valence-corrected chi connectivity index (χ4v) is 3.78. The molecule has 2 unspecified atom stereocenters. The van der Waals surface area contributed by atoms with Crippen LogP contribution in [0.3, 0.4) is 0 Å². The Kier molecular flexibility index (Phi) is 4.14. The normalized spacial score (nSPS) is 23.6. The number of hydrogen-bond donors (Lipinski definition) is 2. The van der Waals surface area contributed by atoms with Crippen molar-refractivity contribution in [3.63, 3.8) is 0 Å². The van der Waals surface area contributed by atoms with Crippen molar-refractivity contribution in [2.45, 2.75) is 31.7 Å². The zero-order chi connectivity index (χ0) is 14.8. The highest BCUT2D eigenvalue weighted by Crippen LogP contribution is 2.42. The zero-order valence-corrected chi connectivity index (χ0v) is 12.6. The molecule has 2 heterocycles. The molecule has 0 radical (unpaired) electrons. The summed E-state index contributed by atoms with van der Waals surface area (Å²) in [7, 11) is 0. The van der Waals surface area contributed by atoms with Crippen LogP contribution in [0.2, 0.25) is 0 Å². The number of carboxylic acid groups (broad SMARTS) is 1. The summed E-state index contributed by atoms with van der Waals surface area (Å²) < 4.78 is 0. The van der Waals surface area contributed by atoms with Crippen molar-refractivity contribution in [1.29, 1.82) is 0 Å². The topological polar surface area (TPSA) is 69.6 Å². The van der Waals surface area contributed by atoms with Gasteiger partial charge in [0.2, 0.25) is 0 Å². The number of nitrogens with one attached hydrogen (secondary N) is 1. The van der Waals surface area contributed by atoms with E-state index in [0.717, 1.165) is 19.3 Å². The molecule has 1 aromatic heterocycles. The van der Waals surface area contributed by atoms with Gasteiger partial charge in [0.1, 0.15) is 0 Å². The molecule has 0 aromatic carbocycles. The van der Waals surface area contributed by atoms with E-state index < -0.39 is 11.9 Å². The van der Waals surface area contributed by atoms with Crippen molar-refractivity contribution in [1.82, 2.24) is 10.2 Å². The van der Waals surface area contributed by atoms with E-state index in [1.807, 2.05) is 11.4 Å². The number of likely N-dealkylation sites (tertiary alicyclic amines) is 1. The average molecular weight is 308 g/mol. The molecule has 1 aliphatic heterocycles.